The van der Waals surface area contributed by atoms with Gasteiger partial charge in [0.25, 0.3) is 0 Å². The van der Waals surface area contributed by atoms with Crippen LogP contribution in [-0.4, -0.2) is 31.4 Å². The van der Waals surface area contributed by atoms with Crippen LogP contribution in [0.15, 0.2) is 0 Å². The van der Waals surface area contributed by atoms with Gasteiger partial charge in [-0.15, -0.1) is 0 Å². The van der Waals surface area contributed by atoms with E-state index in [0.29, 0.717) is 19.6 Å². The van der Waals surface area contributed by atoms with Crippen LogP contribution >= 0.6 is 0 Å². The molecule has 0 spiro atoms. The van der Waals surface area contributed by atoms with Crippen LogP contribution < -0.4 is 16.4 Å². The van der Waals surface area contributed by atoms with Gasteiger partial charge < -0.3 is 16.4 Å². The number of hydrogen-bond donors (Lipinski definition) is 3. The average molecular weight is 201 g/mol. The first-order valence-electron chi connectivity index (χ1n) is 4.84. The quantitative estimate of drug-likeness (QED) is 0.493. The Morgan fingerprint density at radius 3 is 2.29 bits per heavy atom. The van der Waals surface area contributed by atoms with E-state index in [0.717, 1.165) is 6.42 Å². The molecule has 5 nitrogen and oxygen atoms in total. The summed E-state index contributed by atoms with van der Waals surface area (Å²) in [6.45, 7) is 4.64. The van der Waals surface area contributed by atoms with Crippen LogP contribution in [0.25, 0.3) is 0 Å². The maximum absolute atomic E-state index is 11.3. The van der Waals surface area contributed by atoms with Crippen molar-refractivity contribution < 1.29 is 9.59 Å². The summed E-state index contributed by atoms with van der Waals surface area (Å²) >= 11 is 0. The number of carbonyl (C=O) groups is 2. The Hall–Kier alpha value is -1.10. The summed E-state index contributed by atoms with van der Waals surface area (Å²) in [4.78, 5) is 21.8. The Morgan fingerprint density at radius 2 is 1.86 bits per heavy atom. The number of carbonyl (C=O) groups excluding carboxylic acids is 2. The number of hydrogen-bond acceptors (Lipinski definition) is 3. The molecular formula is C9H19N3O2. The van der Waals surface area contributed by atoms with Gasteiger partial charge in [-0.25, -0.2) is 0 Å². The molecule has 82 valence electrons. The van der Waals surface area contributed by atoms with Crippen molar-refractivity contribution in [2.45, 2.75) is 20.3 Å². The molecule has 0 aliphatic rings. The second-order valence-corrected chi connectivity index (χ2v) is 3.11. The van der Waals surface area contributed by atoms with Crippen molar-refractivity contribution in [3.63, 3.8) is 0 Å². The number of amides is 2. The number of rotatable bonds is 6. The van der Waals surface area contributed by atoms with Gasteiger partial charge in [-0.05, 0) is 6.42 Å². The fourth-order valence-corrected chi connectivity index (χ4v) is 1.03. The zero-order valence-electron chi connectivity index (χ0n) is 8.80. The molecule has 0 rings (SSSR count). The van der Waals surface area contributed by atoms with E-state index in [2.05, 4.69) is 10.6 Å². The zero-order valence-corrected chi connectivity index (χ0v) is 8.80. The summed E-state index contributed by atoms with van der Waals surface area (Å²) in [5, 5.41) is 5.30. The Bertz CT molecular complexity index is 190. The minimum atomic E-state index is -0.118. The van der Waals surface area contributed by atoms with Crippen molar-refractivity contribution in [1.82, 2.24) is 10.6 Å². The van der Waals surface area contributed by atoms with Crippen LogP contribution in [-0.2, 0) is 9.59 Å². The lowest BCUT2D eigenvalue weighted by molar-refractivity contribution is -0.125. The second kappa shape index (κ2) is 7.32. The monoisotopic (exact) mass is 201 g/mol. The molecular weight excluding hydrogens is 182 g/mol. The summed E-state index contributed by atoms with van der Waals surface area (Å²) < 4.78 is 0. The third-order valence-electron chi connectivity index (χ3n) is 1.95. The van der Waals surface area contributed by atoms with Crippen LogP contribution in [0, 0.1) is 5.92 Å². The minimum Gasteiger partial charge on any atom is -0.355 e. The highest BCUT2D eigenvalue weighted by Gasteiger charge is 2.12. The molecule has 0 aromatic carbocycles. The van der Waals surface area contributed by atoms with Gasteiger partial charge >= 0.3 is 0 Å². The van der Waals surface area contributed by atoms with E-state index in [1.165, 1.54) is 6.92 Å². The Labute approximate surface area is 84.4 Å². The van der Waals surface area contributed by atoms with Crippen molar-refractivity contribution >= 4 is 11.8 Å². The summed E-state index contributed by atoms with van der Waals surface area (Å²) in [5.41, 5.74) is 5.41. The van der Waals surface area contributed by atoms with Crippen molar-refractivity contribution in [2.75, 3.05) is 19.6 Å². The first-order valence-corrected chi connectivity index (χ1v) is 4.84. The van der Waals surface area contributed by atoms with E-state index < -0.39 is 0 Å². The van der Waals surface area contributed by atoms with Gasteiger partial charge in [-0.3, -0.25) is 9.59 Å². The molecule has 0 fully saturated rings. The van der Waals surface area contributed by atoms with E-state index in [9.17, 15) is 9.59 Å². The molecule has 0 radical (unpaired) electrons. The van der Waals surface area contributed by atoms with Crippen LogP contribution in [0.4, 0.5) is 0 Å². The summed E-state index contributed by atoms with van der Waals surface area (Å²) in [7, 11) is 0. The Morgan fingerprint density at radius 1 is 1.29 bits per heavy atom. The van der Waals surface area contributed by atoms with Crippen LogP contribution in [0.1, 0.15) is 20.3 Å². The van der Waals surface area contributed by atoms with E-state index in [1.807, 2.05) is 6.92 Å². The lowest BCUT2D eigenvalue weighted by Gasteiger charge is -2.12. The molecule has 1 unspecified atom stereocenters. The molecule has 4 N–H and O–H groups in total. The van der Waals surface area contributed by atoms with Gasteiger partial charge in [0.15, 0.2) is 0 Å². The third kappa shape index (κ3) is 5.53. The first kappa shape index (κ1) is 12.9. The molecule has 2 amide bonds. The smallest absolute Gasteiger partial charge is 0.224 e. The fourth-order valence-electron chi connectivity index (χ4n) is 1.03. The van der Waals surface area contributed by atoms with Crippen molar-refractivity contribution in [3.8, 4) is 0 Å². The van der Waals surface area contributed by atoms with Crippen molar-refractivity contribution in [3.05, 3.63) is 0 Å². The Balaban J connectivity index is 3.57. The standard InChI is InChI=1S/C9H19N3O2/c1-3-8(6-10)9(14)12-5-4-11-7(2)13/h8H,3-6,10H2,1-2H3,(H,11,13)(H,12,14). The first-order chi connectivity index (χ1) is 6.61. The molecule has 0 aromatic rings. The highest BCUT2D eigenvalue weighted by Crippen LogP contribution is 1.98. The third-order valence-corrected chi connectivity index (χ3v) is 1.95. The summed E-state index contributed by atoms with van der Waals surface area (Å²) in [5.74, 6) is -0.252. The molecule has 0 aliphatic heterocycles. The molecule has 5 heteroatoms. The molecule has 0 heterocycles. The lowest BCUT2D eigenvalue weighted by Crippen LogP contribution is -2.39. The largest absolute Gasteiger partial charge is 0.355 e. The fraction of sp³-hybridized carbons (Fsp3) is 0.778. The van der Waals surface area contributed by atoms with Crippen LogP contribution in [0.3, 0.4) is 0 Å². The molecule has 0 bridgehead atoms. The Kier molecular flexibility index (Phi) is 6.74. The lowest BCUT2D eigenvalue weighted by atomic mass is 10.1. The topological polar surface area (TPSA) is 84.2 Å². The molecule has 0 aromatic heterocycles. The average Bonchev–Trinajstić information content (AvgIpc) is 2.14. The van der Waals surface area contributed by atoms with Gasteiger partial charge in [0.1, 0.15) is 0 Å². The van der Waals surface area contributed by atoms with Gasteiger partial charge in [0.05, 0.1) is 0 Å². The maximum atomic E-state index is 11.3. The molecule has 14 heavy (non-hydrogen) atoms. The molecule has 1 atom stereocenters. The van der Waals surface area contributed by atoms with Gasteiger partial charge in [-0.1, -0.05) is 6.92 Å². The van der Waals surface area contributed by atoms with Crippen molar-refractivity contribution in [1.29, 1.82) is 0 Å². The van der Waals surface area contributed by atoms with Crippen LogP contribution in [0.5, 0.6) is 0 Å². The van der Waals surface area contributed by atoms with Gasteiger partial charge in [0.2, 0.25) is 11.8 Å². The molecule has 0 saturated heterocycles. The van der Waals surface area contributed by atoms with E-state index in [4.69, 9.17) is 5.73 Å². The van der Waals surface area contributed by atoms with E-state index in [1.54, 1.807) is 0 Å². The molecule has 0 saturated carbocycles. The van der Waals surface area contributed by atoms with E-state index in [-0.39, 0.29) is 17.7 Å². The SMILES string of the molecule is CCC(CN)C(=O)NCCNC(C)=O. The highest BCUT2D eigenvalue weighted by atomic mass is 16.2. The number of nitrogens with two attached hydrogens (primary N) is 1. The normalized spacial score (nSPS) is 11.9. The van der Waals surface area contributed by atoms with Crippen LogP contribution in [0.2, 0.25) is 0 Å². The summed E-state index contributed by atoms with van der Waals surface area (Å²) in [6.07, 6.45) is 0.739. The van der Waals surface area contributed by atoms with Gasteiger partial charge in [0, 0.05) is 32.5 Å². The van der Waals surface area contributed by atoms with Crippen molar-refractivity contribution in [2.24, 2.45) is 11.7 Å². The minimum absolute atomic E-state index is 0.0413. The zero-order chi connectivity index (χ0) is 11.0. The van der Waals surface area contributed by atoms with E-state index >= 15 is 0 Å². The number of nitrogens with one attached hydrogen (secondary N) is 2. The maximum Gasteiger partial charge on any atom is 0.224 e. The summed E-state index contributed by atoms with van der Waals surface area (Å²) in [6, 6.07) is 0. The second-order valence-electron chi connectivity index (χ2n) is 3.11. The van der Waals surface area contributed by atoms with Gasteiger partial charge in [-0.2, -0.15) is 0 Å². The predicted octanol–water partition coefficient (Wildman–Crippen LogP) is -0.776. The highest BCUT2D eigenvalue weighted by molar-refractivity contribution is 5.78. The predicted molar refractivity (Wildman–Crippen MR) is 54.5 cm³/mol. The molecule has 0 aliphatic carbocycles.